The van der Waals surface area contributed by atoms with Gasteiger partial charge in [-0.3, -0.25) is 9.89 Å². The second kappa shape index (κ2) is 4.49. The zero-order valence-electron chi connectivity index (χ0n) is 10.1. The van der Waals surface area contributed by atoms with Crippen LogP contribution in [0.4, 0.5) is 5.69 Å². The molecule has 0 aliphatic rings. The van der Waals surface area contributed by atoms with Gasteiger partial charge in [-0.15, -0.1) is 0 Å². The number of aromatic amines is 2. The number of amides is 1. The maximum atomic E-state index is 12.1. The van der Waals surface area contributed by atoms with Gasteiger partial charge >= 0.3 is 0 Å². The first-order valence-corrected chi connectivity index (χ1v) is 5.86. The van der Waals surface area contributed by atoms with Gasteiger partial charge in [-0.25, -0.2) is 0 Å². The standard InChI is InChI=1S/C13H13N5O/c14-9-1-2-10-11(7-15-12(10)3-9)13(19)16-4-8-5-17-18-6-8/h1-3,5-7,15H,4,14H2,(H,16,19)(H,17,18). The van der Waals surface area contributed by atoms with Crippen molar-refractivity contribution < 1.29 is 4.79 Å². The second-order valence-electron chi connectivity index (χ2n) is 4.30. The van der Waals surface area contributed by atoms with Gasteiger partial charge in [0.05, 0.1) is 11.8 Å². The van der Waals surface area contributed by atoms with Crippen LogP contribution >= 0.6 is 0 Å². The third-order valence-corrected chi connectivity index (χ3v) is 2.96. The molecule has 2 heterocycles. The van der Waals surface area contributed by atoms with Gasteiger partial charge in [0.25, 0.3) is 5.91 Å². The van der Waals surface area contributed by atoms with E-state index in [-0.39, 0.29) is 5.91 Å². The number of hydrogen-bond donors (Lipinski definition) is 4. The summed E-state index contributed by atoms with van der Waals surface area (Å²) in [5.41, 5.74) is 8.76. The van der Waals surface area contributed by atoms with E-state index in [9.17, 15) is 4.79 Å². The summed E-state index contributed by atoms with van der Waals surface area (Å²) in [6.07, 6.45) is 5.11. The summed E-state index contributed by atoms with van der Waals surface area (Å²) in [5.74, 6) is -0.128. The summed E-state index contributed by atoms with van der Waals surface area (Å²) >= 11 is 0. The molecule has 0 saturated heterocycles. The molecule has 6 heteroatoms. The quantitative estimate of drug-likeness (QED) is 0.532. The van der Waals surface area contributed by atoms with Gasteiger partial charge in [0, 0.05) is 41.1 Å². The number of anilines is 1. The zero-order valence-corrected chi connectivity index (χ0v) is 10.1. The van der Waals surface area contributed by atoms with Crippen molar-refractivity contribution in [3.63, 3.8) is 0 Å². The fourth-order valence-electron chi connectivity index (χ4n) is 1.98. The van der Waals surface area contributed by atoms with Gasteiger partial charge in [0.15, 0.2) is 0 Å². The maximum Gasteiger partial charge on any atom is 0.253 e. The van der Waals surface area contributed by atoms with E-state index in [1.54, 1.807) is 24.7 Å². The largest absolute Gasteiger partial charge is 0.399 e. The van der Waals surface area contributed by atoms with E-state index in [0.29, 0.717) is 17.8 Å². The van der Waals surface area contributed by atoms with Gasteiger partial charge in [-0.2, -0.15) is 5.10 Å². The predicted octanol–water partition coefficient (Wildman–Crippen LogP) is 1.40. The lowest BCUT2D eigenvalue weighted by Crippen LogP contribution is -2.22. The fourth-order valence-corrected chi connectivity index (χ4v) is 1.98. The summed E-state index contributed by atoms with van der Waals surface area (Å²) in [4.78, 5) is 15.2. The number of carbonyl (C=O) groups excluding carboxylic acids is 1. The number of carbonyl (C=O) groups is 1. The lowest BCUT2D eigenvalue weighted by molar-refractivity contribution is 0.0952. The highest BCUT2D eigenvalue weighted by Gasteiger charge is 2.11. The molecule has 1 amide bonds. The van der Waals surface area contributed by atoms with Crippen molar-refractivity contribution in [3.05, 3.63) is 47.9 Å². The lowest BCUT2D eigenvalue weighted by atomic mass is 10.1. The smallest absolute Gasteiger partial charge is 0.253 e. The van der Waals surface area contributed by atoms with Crippen LogP contribution in [0.2, 0.25) is 0 Å². The SMILES string of the molecule is Nc1ccc2c(C(=O)NCc3cn[nH]c3)c[nH]c2c1. The minimum Gasteiger partial charge on any atom is -0.399 e. The number of nitrogen functional groups attached to an aromatic ring is 1. The van der Waals surface area contributed by atoms with Crippen LogP contribution in [-0.4, -0.2) is 21.1 Å². The highest BCUT2D eigenvalue weighted by atomic mass is 16.1. The molecule has 0 bridgehead atoms. The molecule has 19 heavy (non-hydrogen) atoms. The van der Waals surface area contributed by atoms with E-state index in [0.717, 1.165) is 16.5 Å². The summed E-state index contributed by atoms with van der Waals surface area (Å²) in [6.45, 7) is 0.441. The fraction of sp³-hybridized carbons (Fsp3) is 0.0769. The molecule has 0 aliphatic carbocycles. The molecule has 3 rings (SSSR count). The molecule has 2 aromatic heterocycles. The van der Waals surface area contributed by atoms with Crippen molar-refractivity contribution >= 4 is 22.5 Å². The third kappa shape index (κ3) is 2.15. The molecule has 0 fully saturated rings. The Morgan fingerprint density at radius 3 is 3.05 bits per heavy atom. The summed E-state index contributed by atoms with van der Waals surface area (Å²) in [6, 6.07) is 5.43. The van der Waals surface area contributed by atoms with Crippen LogP contribution in [0.5, 0.6) is 0 Å². The Hall–Kier alpha value is -2.76. The minimum absolute atomic E-state index is 0.128. The van der Waals surface area contributed by atoms with Crippen molar-refractivity contribution in [2.24, 2.45) is 0 Å². The number of hydrogen-bond acceptors (Lipinski definition) is 3. The van der Waals surface area contributed by atoms with Crippen LogP contribution in [0, 0.1) is 0 Å². The number of nitrogens with two attached hydrogens (primary N) is 1. The van der Waals surface area contributed by atoms with Crippen LogP contribution in [-0.2, 0) is 6.54 Å². The Labute approximate surface area is 109 Å². The highest BCUT2D eigenvalue weighted by molar-refractivity contribution is 6.07. The number of nitrogens with zero attached hydrogens (tertiary/aromatic N) is 1. The van der Waals surface area contributed by atoms with E-state index in [4.69, 9.17) is 5.73 Å². The Morgan fingerprint density at radius 1 is 1.37 bits per heavy atom. The average Bonchev–Trinajstić information content (AvgIpc) is 3.04. The van der Waals surface area contributed by atoms with Crippen LogP contribution in [0.3, 0.4) is 0 Å². The normalized spacial score (nSPS) is 10.7. The predicted molar refractivity (Wildman–Crippen MR) is 72.5 cm³/mol. The molecule has 5 N–H and O–H groups in total. The first-order valence-electron chi connectivity index (χ1n) is 5.86. The molecule has 0 radical (unpaired) electrons. The molecule has 0 atom stereocenters. The first kappa shape index (κ1) is 11.3. The molecule has 1 aromatic carbocycles. The molecule has 96 valence electrons. The summed E-state index contributed by atoms with van der Waals surface area (Å²) < 4.78 is 0. The Balaban J connectivity index is 1.81. The Kier molecular flexibility index (Phi) is 2.68. The van der Waals surface area contributed by atoms with Crippen molar-refractivity contribution in [1.29, 1.82) is 0 Å². The van der Waals surface area contributed by atoms with E-state index < -0.39 is 0 Å². The molecule has 6 nitrogen and oxygen atoms in total. The molecule has 3 aromatic rings. The van der Waals surface area contributed by atoms with Crippen LogP contribution < -0.4 is 11.1 Å². The van der Waals surface area contributed by atoms with Crippen LogP contribution in [0.15, 0.2) is 36.8 Å². The summed E-state index contributed by atoms with van der Waals surface area (Å²) in [5, 5.41) is 10.2. The van der Waals surface area contributed by atoms with Crippen molar-refractivity contribution in [1.82, 2.24) is 20.5 Å². The van der Waals surface area contributed by atoms with Crippen LogP contribution in [0.25, 0.3) is 10.9 Å². The van der Waals surface area contributed by atoms with E-state index >= 15 is 0 Å². The molecular formula is C13H13N5O. The minimum atomic E-state index is -0.128. The Bertz CT molecular complexity index is 714. The highest BCUT2D eigenvalue weighted by Crippen LogP contribution is 2.20. The molecule has 0 spiro atoms. The lowest BCUT2D eigenvalue weighted by Gasteiger charge is -2.02. The van der Waals surface area contributed by atoms with E-state index in [2.05, 4.69) is 20.5 Å². The Morgan fingerprint density at radius 2 is 2.26 bits per heavy atom. The third-order valence-electron chi connectivity index (χ3n) is 2.96. The first-order chi connectivity index (χ1) is 9.24. The van der Waals surface area contributed by atoms with Crippen LogP contribution in [0.1, 0.15) is 15.9 Å². The van der Waals surface area contributed by atoms with Crippen molar-refractivity contribution in [2.75, 3.05) is 5.73 Å². The van der Waals surface area contributed by atoms with E-state index in [1.807, 2.05) is 12.1 Å². The maximum absolute atomic E-state index is 12.1. The number of aromatic nitrogens is 3. The van der Waals surface area contributed by atoms with Gasteiger partial charge in [0.2, 0.25) is 0 Å². The number of fused-ring (bicyclic) bond motifs is 1. The number of rotatable bonds is 3. The van der Waals surface area contributed by atoms with Gasteiger partial charge in [-0.05, 0) is 18.2 Å². The monoisotopic (exact) mass is 255 g/mol. The molecule has 0 unspecified atom stereocenters. The van der Waals surface area contributed by atoms with Gasteiger partial charge in [0.1, 0.15) is 0 Å². The zero-order chi connectivity index (χ0) is 13.2. The van der Waals surface area contributed by atoms with Gasteiger partial charge < -0.3 is 16.0 Å². The average molecular weight is 255 g/mol. The van der Waals surface area contributed by atoms with Crippen molar-refractivity contribution in [2.45, 2.75) is 6.54 Å². The molecule has 0 aliphatic heterocycles. The van der Waals surface area contributed by atoms with Crippen molar-refractivity contribution in [3.8, 4) is 0 Å². The molecule has 0 saturated carbocycles. The topological polar surface area (TPSA) is 99.6 Å². The number of H-pyrrole nitrogens is 2. The summed E-state index contributed by atoms with van der Waals surface area (Å²) in [7, 11) is 0. The number of benzene rings is 1. The second-order valence-corrected chi connectivity index (χ2v) is 4.30. The van der Waals surface area contributed by atoms with Gasteiger partial charge in [-0.1, -0.05) is 0 Å². The molecular weight excluding hydrogens is 242 g/mol. The van der Waals surface area contributed by atoms with E-state index in [1.165, 1.54) is 0 Å². The number of nitrogens with one attached hydrogen (secondary N) is 3.